The van der Waals surface area contributed by atoms with Gasteiger partial charge in [-0.2, -0.15) is 0 Å². The van der Waals surface area contributed by atoms with Crippen molar-refractivity contribution in [3.63, 3.8) is 0 Å². The fourth-order valence-corrected chi connectivity index (χ4v) is 1.95. The van der Waals surface area contributed by atoms with Gasteiger partial charge in [-0.1, -0.05) is 12.1 Å². The van der Waals surface area contributed by atoms with Crippen LogP contribution in [-0.2, 0) is 4.74 Å². The van der Waals surface area contributed by atoms with Gasteiger partial charge in [0, 0.05) is 12.6 Å². The lowest BCUT2D eigenvalue weighted by molar-refractivity contribution is 0.00528. The first-order valence-electron chi connectivity index (χ1n) is 5.54. The Hall–Kier alpha value is -1.13. The van der Waals surface area contributed by atoms with E-state index >= 15 is 0 Å². The Morgan fingerprint density at radius 1 is 1.50 bits per heavy atom. The molecule has 2 N–H and O–H groups in total. The van der Waals surface area contributed by atoms with Crippen LogP contribution in [-0.4, -0.2) is 31.8 Å². The summed E-state index contributed by atoms with van der Waals surface area (Å²) in [5, 5.41) is 0. The Morgan fingerprint density at radius 3 is 2.69 bits per heavy atom. The average molecular weight is 224 g/mol. The molecule has 0 bridgehead atoms. The van der Waals surface area contributed by atoms with E-state index in [4.69, 9.17) is 10.5 Å². The van der Waals surface area contributed by atoms with E-state index < -0.39 is 0 Å². The first kappa shape index (κ1) is 11.4. The van der Waals surface area contributed by atoms with Crippen molar-refractivity contribution >= 4 is 5.69 Å². The van der Waals surface area contributed by atoms with Crippen molar-refractivity contribution in [3.05, 3.63) is 30.1 Å². The Morgan fingerprint density at radius 2 is 2.19 bits per heavy atom. The molecule has 0 aromatic heterocycles. The van der Waals surface area contributed by atoms with Crippen LogP contribution in [0.1, 0.15) is 6.92 Å². The Bertz CT molecular complexity index is 350. The van der Waals surface area contributed by atoms with Crippen molar-refractivity contribution in [1.82, 2.24) is 0 Å². The Labute approximate surface area is 95.0 Å². The van der Waals surface area contributed by atoms with Crippen molar-refractivity contribution in [2.24, 2.45) is 5.73 Å². The quantitative estimate of drug-likeness (QED) is 0.839. The summed E-state index contributed by atoms with van der Waals surface area (Å²) in [4.78, 5) is 2.03. The van der Waals surface area contributed by atoms with Gasteiger partial charge in [-0.3, -0.25) is 0 Å². The normalized spacial score (nSPS) is 17.9. The summed E-state index contributed by atoms with van der Waals surface area (Å²) in [6.45, 7) is 3.81. The summed E-state index contributed by atoms with van der Waals surface area (Å²) in [6, 6.07) is 7.17. The van der Waals surface area contributed by atoms with Gasteiger partial charge in [-0.05, 0) is 19.1 Å². The van der Waals surface area contributed by atoms with Gasteiger partial charge in [0.05, 0.1) is 24.9 Å². The van der Waals surface area contributed by atoms with Gasteiger partial charge in [0.25, 0.3) is 0 Å². The van der Waals surface area contributed by atoms with Gasteiger partial charge in [0.2, 0.25) is 0 Å². The monoisotopic (exact) mass is 224 g/mol. The molecule has 1 unspecified atom stereocenters. The first-order chi connectivity index (χ1) is 7.74. The number of nitrogens with zero attached hydrogens (tertiary/aromatic N) is 1. The number of rotatable bonds is 4. The molecule has 0 amide bonds. The van der Waals surface area contributed by atoms with E-state index in [1.54, 1.807) is 12.1 Å². The molecule has 1 atom stereocenters. The highest BCUT2D eigenvalue weighted by Crippen LogP contribution is 2.26. The number of hydrogen-bond donors (Lipinski definition) is 1. The molecule has 0 radical (unpaired) electrons. The van der Waals surface area contributed by atoms with Crippen LogP contribution < -0.4 is 10.6 Å². The second-order valence-electron chi connectivity index (χ2n) is 4.13. The highest BCUT2D eigenvalue weighted by Gasteiger charge is 2.30. The van der Waals surface area contributed by atoms with E-state index in [-0.39, 0.29) is 17.9 Å². The Kier molecular flexibility index (Phi) is 3.41. The van der Waals surface area contributed by atoms with Gasteiger partial charge >= 0.3 is 0 Å². The number of anilines is 1. The molecule has 1 fully saturated rings. The zero-order valence-electron chi connectivity index (χ0n) is 9.40. The lowest BCUT2D eigenvalue weighted by atomic mass is 10.1. The van der Waals surface area contributed by atoms with Crippen molar-refractivity contribution in [1.29, 1.82) is 0 Å². The summed E-state index contributed by atoms with van der Waals surface area (Å²) < 4.78 is 18.9. The van der Waals surface area contributed by atoms with Crippen LogP contribution in [0.3, 0.4) is 0 Å². The average Bonchev–Trinajstić information content (AvgIpc) is 2.23. The third kappa shape index (κ3) is 2.03. The molecule has 16 heavy (non-hydrogen) atoms. The van der Waals surface area contributed by atoms with Gasteiger partial charge in [0.15, 0.2) is 0 Å². The van der Waals surface area contributed by atoms with Gasteiger partial charge in [-0.25, -0.2) is 4.39 Å². The number of halogens is 1. The minimum atomic E-state index is -0.199. The number of ether oxygens (including phenoxy) is 1. The van der Waals surface area contributed by atoms with E-state index in [1.807, 2.05) is 17.9 Å². The maximum Gasteiger partial charge on any atom is 0.146 e. The summed E-state index contributed by atoms with van der Waals surface area (Å²) in [7, 11) is 0. The van der Waals surface area contributed by atoms with Crippen molar-refractivity contribution < 1.29 is 9.13 Å². The number of para-hydroxylation sites is 1. The molecular weight excluding hydrogens is 207 g/mol. The van der Waals surface area contributed by atoms with Crippen LogP contribution in [0.5, 0.6) is 0 Å². The molecule has 1 aliphatic heterocycles. The molecule has 2 rings (SSSR count). The van der Waals surface area contributed by atoms with Crippen LogP contribution >= 0.6 is 0 Å². The molecule has 0 spiro atoms. The number of benzene rings is 1. The van der Waals surface area contributed by atoms with Crippen molar-refractivity contribution in [2.75, 3.05) is 24.7 Å². The van der Waals surface area contributed by atoms with E-state index in [9.17, 15) is 4.39 Å². The van der Waals surface area contributed by atoms with Crippen LogP contribution in [0, 0.1) is 5.82 Å². The molecule has 3 nitrogen and oxygen atoms in total. The molecule has 1 aromatic carbocycles. The van der Waals surface area contributed by atoms with E-state index in [0.29, 0.717) is 25.4 Å². The van der Waals surface area contributed by atoms with E-state index in [0.717, 1.165) is 0 Å². The summed E-state index contributed by atoms with van der Waals surface area (Å²) in [6.07, 6.45) is 0. The molecule has 1 heterocycles. The van der Waals surface area contributed by atoms with Gasteiger partial charge in [-0.15, -0.1) is 0 Å². The molecule has 1 aliphatic rings. The summed E-state index contributed by atoms with van der Waals surface area (Å²) >= 11 is 0. The fourth-order valence-electron chi connectivity index (χ4n) is 1.95. The Balaban J connectivity index is 2.27. The standard InChI is InChI=1S/C12H17FN2O/c1-9(6-14)15(10-7-16-8-10)12-5-3-2-4-11(12)13/h2-5,9-10H,6-8,14H2,1H3. The number of nitrogens with two attached hydrogens (primary N) is 1. The molecule has 4 heteroatoms. The van der Waals surface area contributed by atoms with Crippen molar-refractivity contribution in [3.8, 4) is 0 Å². The molecule has 88 valence electrons. The molecular formula is C12H17FN2O. The fraction of sp³-hybridized carbons (Fsp3) is 0.500. The number of hydrogen-bond acceptors (Lipinski definition) is 3. The largest absolute Gasteiger partial charge is 0.377 e. The smallest absolute Gasteiger partial charge is 0.146 e. The van der Waals surface area contributed by atoms with Gasteiger partial charge in [0.1, 0.15) is 5.82 Å². The minimum absolute atomic E-state index is 0.116. The van der Waals surface area contributed by atoms with Crippen LogP contribution in [0.25, 0.3) is 0 Å². The molecule has 0 saturated carbocycles. The minimum Gasteiger partial charge on any atom is -0.377 e. The second-order valence-corrected chi connectivity index (χ2v) is 4.13. The SMILES string of the molecule is CC(CN)N(c1ccccc1F)C1COC1. The third-order valence-corrected chi connectivity index (χ3v) is 2.96. The maximum absolute atomic E-state index is 13.7. The summed E-state index contributed by atoms with van der Waals surface area (Å²) in [5.74, 6) is -0.199. The zero-order valence-corrected chi connectivity index (χ0v) is 9.40. The van der Waals surface area contributed by atoms with Crippen LogP contribution in [0.15, 0.2) is 24.3 Å². The highest BCUT2D eigenvalue weighted by atomic mass is 19.1. The second kappa shape index (κ2) is 4.80. The zero-order chi connectivity index (χ0) is 11.5. The van der Waals surface area contributed by atoms with E-state index in [1.165, 1.54) is 6.07 Å². The lowest BCUT2D eigenvalue weighted by Crippen LogP contribution is -2.55. The highest BCUT2D eigenvalue weighted by molar-refractivity contribution is 5.50. The molecule has 1 aromatic rings. The first-order valence-corrected chi connectivity index (χ1v) is 5.54. The lowest BCUT2D eigenvalue weighted by Gasteiger charge is -2.42. The predicted octanol–water partition coefficient (Wildman–Crippen LogP) is 1.38. The summed E-state index contributed by atoms with van der Waals surface area (Å²) in [5.41, 5.74) is 6.29. The molecule has 1 saturated heterocycles. The van der Waals surface area contributed by atoms with Gasteiger partial charge < -0.3 is 15.4 Å². The van der Waals surface area contributed by atoms with Crippen LogP contribution in [0.4, 0.5) is 10.1 Å². The topological polar surface area (TPSA) is 38.5 Å². The third-order valence-electron chi connectivity index (χ3n) is 2.96. The van der Waals surface area contributed by atoms with E-state index in [2.05, 4.69) is 0 Å². The molecule has 0 aliphatic carbocycles. The maximum atomic E-state index is 13.7. The van der Waals surface area contributed by atoms with Crippen molar-refractivity contribution in [2.45, 2.75) is 19.0 Å². The predicted molar refractivity (Wildman–Crippen MR) is 62.0 cm³/mol. The van der Waals surface area contributed by atoms with Crippen LogP contribution in [0.2, 0.25) is 0 Å².